The number of nitrogens with zero attached hydrogens (tertiary/aromatic N) is 3. The minimum absolute atomic E-state index is 0.0829. The first-order chi connectivity index (χ1) is 15.8. The van der Waals surface area contributed by atoms with Gasteiger partial charge in [-0.2, -0.15) is 0 Å². The number of unbranched alkanes of at least 4 members (excludes halogenated alkanes) is 1. The molecule has 0 spiro atoms. The average Bonchev–Trinajstić information content (AvgIpc) is 3.28. The molecule has 0 N–H and O–H groups in total. The first kappa shape index (κ1) is 24.6. The lowest BCUT2D eigenvalue weighted by Gasteiger charge is -2.27. The molecule has 1 aromatic carbocycles. The SMILES string of the molecule is CCCCN(C(=O)OC(C)(C)C)c1ccc(C2CCCN2C(=O)OCc2ccccc2)cn1. The normalized spacial score (nSPS) is 15.9. The van der Waals surface area contributed by atoms with E-state index in [4.69, 9.17) is 9.47 Å². The highest BCUT2D eigenvalue weighted by atomic mass is 16.6. The van der Waals surface area contributed by atoms with Crippen LogP contribution in [0, 0.1) is 0 Å². The van der Waals surface area contributed by atoms with Crippen LogP contribution < -0.4 is 4.90 Å². The number of carbonyl (C=O) groups excluding carboxylic acids is 2. The number of hydrogen-bond donors (Lipinski definition) is 0. The van der Waals surface area contributed by atoms with Gasteiger partial charge in [0.2, 0.25) is 0 Å². The molecule has 1 unspecified atom stereocenters. The van der Waals surface area contributed by atoms with Crippen molar-refractivity contribution in [3.05, 3.63) is 59.8 Å². The van der Waals surface area contributed by atoms with Crippen LogP contribution in [0.3, 0.4) is 0 Å². The van der Waals surface area contributed by atoms with Gasteiger partial charge in [0.15, 0.2) is 0 Å². The molecule has 2 aromatic rings. The molecule has 33 heavy (non-hydrogen) atoms. The zero-order valence-corrected chi connectivity index (χ0v) is 20.1. The third-order valence-electron chi connectivity index (χ3n) is 5.47. The molecule has 1 aromatic heterocycles. The van der Waals surface area contributed by atoms with E-state index >= 15 is 0 Å². The van der Waals surface area contributed by atoms with Gasteiger partial charge < -0.3 is 14.4 Å². The lowest BCUT2D eigenvalue weighted by Crippen LogP contribution is -2.38. The molecule has 0 radical (unpaired) electrons. The zero-order chi connectivity index (χ0) is 23.8. The minimum Gasteiger partial charge on any atom is -0.445 e. The number of anilines is 1. The van der Waals surface area contributed by atoms with Crippen molar-refractivity contribution in [2.45, 2.75) is 71.6 Å². The smallest absolute Gasteiger partial charge is 0.416 e. The van der Waals surface area contributed by atoms with Gasteiger partial charge in [-0.3, -0.25) is 4.90 Å². The van der Waals surface area contributed by atoms with Crippen LogP contribution in [0.25, 0.3) is 0 Å². The maximum Gasteiger partial charge on any atom is 0.416 e. The van der Waals surface area contributed by atoms with Gasteiger partial charge in [-0.05, 0) is 57.2 Å². The third-order valence-corrected chi connectivity index (χ3v) is 5.47. The summed E-state index contributed by atoms with van der Waals surface area (Å²) in [4.78, 5) is 33.4. The number of carbonyl (C=O) groups is 2. The molecular formula is C26H35N3O4. The molecule has 3 rings (SSSR count). The van der Waals surface area contributed by atoms with Crippen LogP contribution in [0.4, 0.5) is 15.4 Å². The summed E-state index contributed by atoms with van der Waals surface area (Å²) in [7, 11) is 0. The molecule has 0 saturated carbocycles. The molecule has 178 valence electrons. The van der Waals surface area contributed by atoms with Gasteiger partial charge >= 0.3 is 12.2 Å². The van der Waals surface area contributed by atoms with E-state index in [0.717, 1.165) is 36.8 Å². The second-order valence-corrected chi connectivity index (χ2v) is 9.33. The van der Waals surface area contributed by atoms with Crippen LogP contribution in [-0.4, -0.2) is 40.8 Å². The molecule has 7 nitrogen and oxygen atoms in total. The van der Waals surface area contributed by atoms with E-state index in [0.29, 0.717) is 18.9 Å². The van der Waals surface area contributed by atoms with E-state index in [1.165, 1.54) is 0 Å². The number of hydrogen-bond acceptors (Lipinski definition) is 5. The number of likely N-dealkylation sites (tertiary alicyclic amines) is 1. The highest BCUT2D eigenvalue weighted by Crippen LogP contribution is 2.33. The van der Waals surface area contributed by atoms with E-state index in [1.54, 1.807) is 16.0 Å². The van der Waals surface area contributed by atoms with Crippen molar-refractivity contribution in [1.29, 1.82) is 0 Å². The number of benzene rings is 1. The fourth-order valence-electron chi connectivity index (χ4n) is 3.82. The summed E-state index contributed by atoms with van der Waals surface area (Å²) in [6.45, 7) is 9.08. The highest BCUT2D eigenvalue weighted by Gasteiger charge is 2.32. The van der Waals surface area contributed by atoms with Crippen molar-refractivity contribution in [2.24, 2.45) is 0 Å². The molecule has 0 aliphatic carbocycles. The van der Waals surface area contributed by atoms with Crippen molar-refractivity contribution in [3.8, 4) is 0 Å². The largest absolute Gasteiger partial charge is 0.445 e. The Kier molecular flexibility index (Phi) is 8.31. The summed E-state index contributed by atoms with van der Waals surface area (Å²) in [5, 5.41) is 0. The summed E-state index contributed by atoms with van der Waals surface area (Å²) in [6, 6.07) is 13.4. The van der Waals surface area contributed by atoms with Crippen LogP contribution >= 0.6 is 0 Å². The molecule has 1 saturated heterocycles. The fourth-order valence-corrected chi connectivity index (χ4v) is 3.82. The standard InChI is InChI=1S/C26H35N3O4/c1-5-6-16-29(25(31)33-26(2,3)4)23-15-14-21(18-27-23)22-13-10-17-28(22)24(30)32-19-20-11-8-7-9-12-20/h7-9,11-12,14-15,18,22H,5-6,10,13,16-17,19H2,1-4H3. The Hall–Kier alpha value is -3.09. The Labute approximate surface area is 196 Å². The van der Waals surface area contributed by atoms with Crippen molar-refractivity contribution in [2.75, 3.05) is 18.0 Å². The summed E-state index contributed by atoms with van der Waals surface area (Å²) in [5.74, 6) is 0.553. The quantitative estimate of drug-likeness (QED) is 0.507. The molecule has 1 aliphatic heterocycles. The second kappa shape index (κ2) is 11.2. The Morgan fingerprint density at radius 1 is 1.15 bits per heavy atom. The molecule has 1 aliphatic rings. The molecular weight excluding hydrogens is 418 g/mol. The Balaban J connectivity index is 1.68. The monoisotopic (exact) mass is 453 g/mol. The van der Waals surface area contributed by atoms with Crippen LogP contribution in [-0.2, 0) is 16.1 Å². The number of aromatic nitrogens is 1. The summed E-state index contributed by atoms with van der Waals surface area (Å²) < 4.78 is 11.1. The van der Waals surface area contributed by atoms with E-state index in [2.05, 4.69) is 11.9 Å². The van der Waals surface area contributed by atoms with E-state index in [1.807, 2.05) is 63.2 Å². The summed E-state index contributed by atoms with van der Waals surface area (Å²) >= 11 is 0. The predicted molar refractivity (Wildman–Crippen MR) is 128 cm³/mol. The molecule has 2 heterocycles. The number of ether oxygens (including phenoxy) is 2. The van der Waals surface area contributed by atoms with E-state index < -0.39 is 11.7 Å². The number of pyridine rings is 1. The second-order valence-electron chi connectivity index (χ2n) is 9.33. The molecule has 1 fully saturated rings. The predicted octanol–water partition coefficient (Wildman–Crippen LogP) is 6.10. The molecule has 2 amide bonds. The van der Waals surface area contributed by atoms with Gasteiger partial charge in [-0.25, -0.2) is 14.6 Å². The molecule has 0 bridgehead atoms. The maximum absolute atomic E-state index is 12.7. The van der Waals surface area contributed by atoms with Gasteiger partial charge in [0.05, 0.1) is 6.04 Å². The Morgan fingerprint density at radius 2 is 1.91 bits per heavy atom. The van der Waals surface area contributed by atoms with Crippen LogP contribution in [0.5, 0.6) is 0 Å². The van der Waals surface area contributed by atoms with Crippen molar-refractivity contribution in [1.82, 2.24) is 9.88 Å². The Morgan fingerprint density at radius 3 is 2.55 bits per heavy atom. The maximum atomic E-state index is 12.7. The van der Waals surface area contributed by atoms with Gasteiger partial charge in [-0.15, -0.1) is 0 Å². The topological polar surface area (TPSA) is 72.0 Å². The molecule has 7 heteroatoms. The van der Waals surface area contributed by atoms with Crippen LogP contribution in [0.15, 0.2) is 48.7 Å². The van der Waals surface area contributed by atoms with Crippen molar-refractivity contribution >= 4 is 18.0 Å². The van der Waals surface area contributed by atoms with Crippen molar-refractivity contribution < 1.29 is 19.1 Å². The lowest BCUT2D eigenvalue weighted by atomic mass is 10.1. The lowest BCUT2D eigenvalue weighted by molar-refractivity contribution is 0.0578. The highest BCUT2D eigenvalue weighted by molar-refractivity contribution is 5.86. The zero-order valence-electron chi connectivity index (χ0n) is 20.1. The molecule has 1 atom stereocenters. The van der Waals surface area contributed by atoms with E-state index in [9.17, 15) is 9.59 Å². The van der Waals surface area contributed by atoms with Crippen molar-refractivity contribution in [3.63, 3.8) is 0 Å². The van der Waals surface area contributed by atoms with Gasteiger partial charge in [0, 0.05) is 19.3 Å². The number of rotatable bonds is 7. The third kappa shape index (κ3) is 6.94. The van der Waals surface area contributed by atoms with Gasteiger partial charge in [0.25, 0.3) is 0 Å². The van der Waals surface area contributed by atoms with Crippen LogP contribution in [0.2, 0.25) is 0 Å². The van der Waals surface area contributed by atoms with Gasteiger partial charge in [0.1, 0.15) is 18.0 Å². The fraction of sp³-hybridized carbons (Fsp3) is 0.500. The summed E-state index contributed by atoms with van der Waals surface area (Å²) in [6.07, 6.45) is 4.62. The average molecular weight is 454 g/mol. The number of amides is 2. The first-order valence-electron chi connectivity index (χ1n) is 11.7. The van der Waals surface area contributed by atoms with Gasteiger partial charge in [-0.1, -0.05) is 49.7 Å². The van der Waals surface area contributed by atoms with E-state index in [-0.39, 0.29) is 18.7 Å². The first-order valence-corrected chi connectivity index (χ1v) is 11.7. The summed E-state index contributed by atoms with van der Waals surface area (Å²) in [5.41, 5.74) is 1.32. The van der Waals surface area contributed by atoms with Crippen LogP contribution in [0.1, 0.15) is 70.5 Å². The Bertz CT molecular complexity index is 909. The minimum atomic E-state index is -0.577.